The number of hydrogen-bond donors (Lipinski definition) is 1. The molecule has 0 saturated carbocycles. The molecule has 0 spiro atoms. The average Bonchev–Trinajstić information content (AvgIpc) is 2.80. The van der Waals surface area contributed by atoms with E-state index >= 15 is 0 Å². The van der Waals surface area contributed by atoms with Gasteiger partial charge in [-0.2, -0.15) is 0 Å². The van der Waals surface area contributed by atoms with Crippen molar-refractivity contribution in [2.75, 3.05) is 17.7 Å². The average molecular weight is 243 g/mol. The first-order chi connectivity index (χ1) is 8.66. The van der Waals surface area contributed by atoms with E-state index in [2.05, 4.69) is 5.16 Å². The second-order valence-electron chi connectivity index (χ2n) is 4.38. The minimum Gasteiger partial charge on any atom is -0.381 e. The lowest BCUT2D eigenvalue weighted by molar-refractivity contribution is -0.118. The fraction of sp³-hybridized carbons (Fsp3) is 0.231. The number of anilines is 2. The topological polar surface area (TPSA) is 72.4 Å². The summed E-state index contributed by atoms with van der Waals surface area (Å²) in [5, 5.41) is 3.69. The molecular weight excluding hydrogens is 230 g/mol. The summed E-state index contributed by atoms with van der Waals surface area (Å²) in [5.74, 6) is 1.04. The molecule has 2 N–H and O–H groups in total. The maximum atomic E-state index is 11.8. The van der Waals surface area contributed by atoms with Crippen molar-refractivity contribution in [2.24, 2.45) is 0 Å². The van der Waals surface area contributed by atoms with Gasteiger partial charge in [0.2, 0.25) is 5.91 Å². The van der Waals surface area contributed by atoms with Crippen LogP contribution in [0.3, 0.4) is 0 Å². The number of amides is 1. The molecule has 5 nitrogen and oxygen atoms in total. The van der Waals surface area contributed by atoms with Crippen LogP contribution < -0.4 is 10.6 Å². The second-order valence-corrected chi connectivity index (χ2v) is 4.38. The number of nitrogens with zero attached hydrogens (tertiary/aromatic N) is 2. The monoisotopic (exact) mass is 243 g/mol. The molecule has 1 aliphatic rings. The Morgan fingerprint density at radius 3 is 2.94 bits per heavy atom. The van der Waals surface area contributed by atoms with Crippen LogP contribution in [0, 0.1) is 0 Å². The third-order valence-electron chi connectivity index (χ3n) is 3.23. The number of nitrogen functional groups attached to an aromatic ring is 1. The SMILES string of the molecule is CN1C(=O)CCc2cccc(-c3cc(N)no3)c21. The Balaban J connectivity index is 2.19. The molecule has 0 radical (unpaired) electrons. The molecule has 0 saturated heterocycles. The van der Waals surface area contributed by atoms with Crippen LogP contribution in [0.25, 0.3) is 11.3 Å². The van der Waals surface area contributed by atoms with E-state index in [1.807, 2.05) is 18.2 Å². The van der Waals surface area contributed by atoms with Gasteiger partial charge in [-0.25, -0.2) is 0 Å². The Morgan fingerprint density at radius 2 is 2.22 bits per heavy atom. The van der Waals surface area contributed by atoms with Crippen molar-refractivity contribution in [3.63, 3.8) is 0 Å². The zero-order chi connectivity index (χ0) is 12.7. The largest absolute Gasteiger partial charge is 0.381 e. The van der Waals surface area contributed by atoms with E-state index in [1.54, 1.807) is 18.0 Å². The summed E-state index contributed by atoms with van der Waals surface area (Å²) < 4.78 is 5.19. The highest BCUT2D eigenvalue weighted by Gasteiger charge is 2.25. The standard InChI is InChI=1S/C13H13N3O2/c1-16-12(17)6-5-8-3-2-4-9(13(8)16)10-7-11(14)15-18-10/h2-4,7H,5-6H2,1H3,(H2,14,15). The molecule has 1 aliphatic heterocycles. The molecule has 2 aromatic rings. The van der Waals surface area contributed by atoms with E-state index in [4.69, 9.17) is 10.3 Å². The fourth-order valence-corrected chi connectivity index (χ4v) is 2.34. The van der Waals surface area contributed by atoms with E-state index in [-0.39, 0.29) is 5.91 Å². The van der Waals surface area contributed by atoms with E-state index in [1.165, 1.54) is 0 Å². The van der Waals surface area contributed by atoms with Crippen molar-refractivity contribution < 1.29 is 9.32 Å². The van der Waals surface area contributed by atoms with Gasteiger partial charge in [-0.05, 0) is 18.1 Å². The Bertz CT molecular complexity index is 618. The maximum absolute atomic E-state index is 11.8. The summed E-state index contributed by atoms with van der Waals surface area (Å²) in [4.78, 5) is 13.5. The van der Waals surface area contributed by atoms with Crippen LogP contribution >= 0.6 is 0 Å². The Kier molecular flexibility index (Phi) is 2.33. The number of para-hydroxylation sites is 1. The fourth-order valence-electron chi connectivity index (χ4n) is 2.34. The van der Waals surface area contributed by atoms with E-state index in [0.29, 0.717) is 18.0 Å². The molecule has 18 heavy (non-hydrogen) atoms. The molecule has 0 bridgehead atoms. The predicted octanol–water partition coefficient (Wildman–Crippen LogP) is 1.83. The van der Waals surface area contributed by atoms with Gasteiger partial charge >= 0.3 is 0 Å². The lowest BCUT2D eigenvalue weighted by Crippen LogP contribution is -2.31. The predicted molar refractivity (Wildman–Crippen MR) is 68.1 cm³/mol. The van der Waals surface area contributed by atoms with Gasteiger partial charge in [0.05, 0.1) is 5.69 Å². The maximum Gasteiger partial charge on any atom is 0.227 e. The molecule has 1 aromatic carbocycles. The highest BCUT2D eigenvalue weighted by molar-refractivity contribution is 6.00. The molecule has 0 fully saturated rings. The first-order valence-electron chi connectivity index (χ1n) is 5.78. The zero-order valence-electron chi connectivity index (χ0n) is 10.0. The number of rotatable bonds is 1. The Hall–Kier alpha value is -2.30. The normalized spacial score (nSPS) is 14.7. The third kappa shape index (κ3) is 1.55. The quantitative estimate of drug-likeness (QED) is 0.829. The van der Waals surface area contributed by atoms with Gasteiger partial charge < -0.3 is 15.2 Å². The van der Waals surface area contributed by atoms with Crippen molar-refractivity contribution in [3.05, 3.63) is 29.8 Å². The van der Waals surface area contributed by atoms with E-state index in [9.17, 15) is 4.79 Å². The van der Waals surface area contributed by atoms with Crippen molar-refractivity contribution >= 4 is 17.4 Å². The van der Waals surface area contributed by atoms with Gasteiger partial charge in [0.1, 0.15) is 0 Å². The highest BCUT2D eigenvalue weighted by atomic mass is 16.5. The number of hydrogen-bond acceptors (Lipinski definition) is 4. The molecule has 3 rings (SSSR count). The van der Waals surface area contributed by atoms with Gasteiger partial charge in [0.15, 0.2) is 11.6 Å². The number of benzene rings is 1. The van der Waals surface area contributed by atoms with E-state index in [0.717, 1.165) is 23.2 Å². The number of fused-ring (bicyclic) bond motifs is 1. The lowest BCUT2D eigenvalue weighted by atomic mass is 9.96. The summed E-state index contributed by atoms with van der Waals surface area (Å²) >= 11 is 0. The van der Waals surface area contributed by atoms with E-state index < -0.39 is 0 Å². The van der Waals surface area contributed by atoms with Crippen LogP contribution in [-0.4, -0.2) is 18.1 Å². The summed E-state index contributed by atoms with van der Waals surface area (Å²) in [7, 11) is 1.78. The van der Waals surface area contributed by atoms with Gasteiger partial charge in [0.25, 0.3) is 0 Å². The molecule has 1 aromatic heterocycles. The van der Waals surface area contributed by atoms with Crippen LogP contribution in [-0.2, 0) is 11.2 Å². The molecule has 92 valence electrons. The van der Waals surface area contributed by atoms with Gasteiger partial charge in [-0.1, -0.05) is 17.3 Å². The summed E-state index contributed by atoms with van der Waals surface area (Å²) in [6.45, 7) is 0. The summed E-state index contributed by atoms with van der Waals surface area (Å²) in [5.41, 5.74) is 8.46. The molecule has 2 heterocycles. The molecule has 0 atom stereocenters. The molecule has 5 heteroatoms. The van der Waals surface area contributed by atoms with Crippen LogP contribution in [0.2, 0.25) is 0 Å². The highest BCUT2D eigenvalue weighted by Crippen LogP contribution is 2.37. The number of carbonyl (C=O) groups is 1. The summed E-state index contributed by atoms with van der Waals surface area (Å²) in [6, 6.07) is 7.56. The molecular formula is C13H13N3O2. The van der Waals surface area contributed by atoms with Crippen LogP contribution in [0.5, 0.6) is 0 Å². The lowest BCUT2D eigenvalue weighted by Gasteiger charge is -2.27. The zero-order valence-corrected chi connectivity index (χ0v) is 10.0. The minimum atomic E-state index is 0.113. The smallest absolute Gasteiger partial charge is 0.227 e. The molecule has 0 aliphatic carbocycles. The van der Waals surface area contributed by atoms with Crippen molar-refractivity contribution in [3.8, 4) is 11.3 Å². The van der Waals surface area contributed by atoms with Crippen molar-refractivity contribution in [2.45, 2.75) is 12.8 Å². The van der Waals surface area contributed by atoms with Crippen LogP contribution in [0.15, 0.2) is 28.8 Å². The molecule has 1 amide bonds. The second kappa shape index (κ2) is 3.87. The van der Waals surface area contributed by atoms with Crippen LogP contribution in [0.1, 0.15) is 12.0 Å². The first-order valence-corrected chi connectivity index (χ1v) is 5.78. The number of nitrogens with two attached hydrogens (primary N) is 1. The summed E-state index contributed by atoms with van der Waals surface area (Å²) in [6.07, 6.45) is 1.31. The molecule has 0 unspecified atom stereocenters. The third-order valence-corrected chi connectivity index (χ3v) is 3.23. The first kappa shape index (κ1) is 10.8. The van der Waals surface area contributed by atoms with Crippen LogP contribution in [0.4, 0.5) is 11.5 Å². The number of aryl methyl sites for hydroxylation is 1. The van der Waals surface area contributed by atoms with Crippen molar-refractivity contribution in [1.29, 1.82) is 0 Å². The Morgan fingerprint density at radius 1 is 1.39 bits per heavy atom. The number of aromatic nitrogens is 1. The Labute approximate surface area is 104 Å². The van der Waals surface area contributed by atoms with Gasteiger partial charge in [-0.3, -0.25) is 4.79 Å². The van der Waals surface area contributed by atoms with Crippen molar-refractivity contribution in [1.82, 2.24) is 5.16 Å². The van der Waals surface area contributed by atoms with Gasteiger partial charge in [0, 0.05) is 25.1 Å². The number of carbonyl (C=O) groups excluding carboxylic acids is 1. The van der Waals surface area contributed by atoms with Gasteiger partial charge in [-0.15, -0.1) is 0 Å². The minimum absolute atomic E-state index is 0.113.